The van der Waals surface area contributed by atoms with Crippen molar-refractivity contribution in [1.29, 1.82) is 0 Å². The highest BCUT2D eigenvalue weighted by Gasteiger charge is 2.11. The molecule has 0 radical (unpaired) electrons. The zero-order valence-electron chi connectivity index (χ0n) is 14.6. The van der Waals surface area contributed by atoms with E-state index >= 15 is 0 Å². The van der Waals surface area contributed by atoms with Gasteiger partial charge in [0.05, 0.1) is 12.8 Å². The van der Waals surface area contributed by atoms with Crippen LogP contribution in [0.5, 0.6) is 11.5 Å². The number of aromatic hydroxyl groups is 1. The van der Waals surface area contributed by atoms with Crippen molar-refractivity contribution in [2.45, 2.75) is 71.1 Å². The molecule has 0 atom stereocenters. The van der Waals surface area contributed by atoms with E-state index in [9.17, 15) is 10.3 Å². The zero-order valence-corrected chi connectivity index (χ0v) is 14.6. The van der Waals surface area contributed by atoms with Gasteiger partial charge in [-0.1, -0.05) is 63.4 Å². The molecular weight excluding hydrogens is 290 g/mol. The van der Waals surface area contributed by atoms with Crippen molar-refractivity contribution in [3.8, 4) is 11.5 Å². The molecule has 0 aromatic heterocycles. The Morgan fingerprint density at radius 2 is 1.61 bits per heavy atom. The van der Waals surface area contributed by atoms with Crippen LogP contribution in [0.25, 0.3) is 0 Å². The van der Waals surface area contributed by atoms with Crippen LogP contribution in [0.1, 0.15) is 76.7 Å². The van der Waals surface area contributed by atoms with E-state index < -0.39 is 0 Å². The molecule has 0 bridgehead atoms. The van der Waals surface area contributed by atoms with Gasteiger partial charge in [0.25, 0.3) is 0 Å². The van der Waals surface area contributed by atoms with Gasteiger partial charge < -0.3 is 15.1 Å². The number of phenols is 1. The number of methoxy groups -OCH3 is 1. The summed E-state index contributed by atoms with van der Waals surface area (Å²) in [5.74, 6) is 0.764. The van der Waals surface area contributed by atoms with Crippen LogP contribution in [0.15, 0.2) is 23.4 Å². The van der Waals surface area contributed by atoms with E-state index in [1.807, 2.05) is 0 Å². The third-order valence-electron chi connectivity index (χ3n) is 4.15. The minimum atomic E-state index is 0.120. The fourth-order valence-electron chi connectivity index (χ4n) is 2.71. The van der Waals surface area contributed by atoms with E-state index in [1.165, 1.54) is 44.9 Å². The molecule has 0 spiro atoms. The lowest BCUT2D eigenvalue weighted by atomic mass is 10.0. The Balaban J connectivity index is 2.30. The highest BCUT2D eigenvalue weighted by molar-refractivity contribution is 6.02. The molecule has 0 amide bonds. The van der Waals surface area contributed by atoms with E-state index in [0.717, 1.165) is 12.8 Å². The highest BCUT2D eigenvalue weighted by atomic mass is 16.5. The molecule has 0 heterocycles. The average Bonchev–Trinajstić information content (AvgIpc) is 2.58. The molecule has 0 saturated carbocycles. The van der Waals surface area contributed by atoms with Crippen LogP contribution in [0, 0.1) is 0 Å². The van der Waals surface area contributed by atoms with Crippen LogP contribution in [-0.4, -0.2) is 23.1 Å². The summed E-state index contributed by atoms with van der Waals surface area (Å²) in [5, 5.41) is 22.5. The van der Waals surface area contributed by atoms with E-state index in [2.05, 4.69) is 12.1 Å². The molecule has 0 aliphatic carbocycles. The van der Waals surface area contributed by atoms with Crippen LogP contribution in [0.2, 0.25) is 0 Å². The Morgan fingerprint density at radius 1 is 1.00 bits per heavy atom. The van der Waals surface area contributed by atoms with Crippen molar-refractivity contribution in [1.82, 2.24) is 0 Å². The predicted octanol–water partition coefficient (Wildman–Crippen LogP) is 5.50. The second-order valence-electron chi connectivity index (χ2n) is 6.01. The lowest BCUT2D eigenvalue weighted by molar-refractivity contribution is 0.317. The topological polar surface area (TPSA) is 62.1 Å². The number of benzene rings is 1. The quantitative estimate of drug-likeness (QED) is 0.231. The van der Waals surface area contributed by atoms with E-state index in [4.69, 9.17) is 4.74 Å². The zero-order chi connectivity index (χ0) is 16.9. The van der Waals surface area contributed by atoms with Gasteiger partial charge in [-0.05, 0) is 31.0 Å². The van der Waals surface area contributed by atoms with E-state index in [-0.39, 0.29) is 5.75 Å². The number of unbranched alkanes of at least 4 members (excludes halogenated alkanes) is 8. The molecule has 1 rings (SSSR count). The van der Waals surface area contributed by atoms with Gasteiger partial charge in [0.15, 0.2) is 0 Å². The van der Waals surface area contributed by atoms with Crippen LogP contribution in [0.3, 0.4) is 0 Å². The Morgan fingerprint density at radius 3 is 2.17 bits per heavy atom. The van der Waals surface area contributed by atoms with Crippen LogP contribution < -0.4 is 4.74 Å². The van der Waals surface area contributed by atoms with Crippen LogP contribution in [0.4, 0.5) is 0 Å². The molecule has 2 N–H and O–H groups in total. The predicted molar refractivity (Wildman–Crippen MR) is 94.8 cm³/mol. The first-order valence-corrected chi connectivity index (χ1v) is 8.81. The highest BCUT2D eigenvalue weighted by Crippen LogP contribution is 2.25. The van der Waals surface area contributed by atoms with Crippen molar-refractivity contribution in [3.05, 3.63) is 23.8 Å². The first kappa shape index (κ1) is 19.3. The molecule has 1 aromatic carbocycles. The second-order valence-corrected chi connectivity index (χ2v) is 6.01. The van der Waals surface area contributed by atoms with Gasteiger partial charge in [-0.2, -0.15) is 0 Å². The monoisotopic (exact) mass is 321 g/mol. The number of hydrogen-bond donors (Lipinski definition) is 2. The molecule has 1 aromatic rings. The first-order chi connectivity index (χ1) is 11.2. The smallest absolute Gasteiger partial charge is 0.125 e. The fourth-order valence-corrected chi connectivity index (χ4v) is 2.71. The molecule has 0 unspecified atom stereocenters. The maximum atomic E-state index is 9.93. The number of nitrogens with zero attached hydrogens (tertiary/aromatic N) is 1. The number of hydrogen-bond acceptors (Lipinski definition) is 4. The number of ether oxygens (including phenoxy) is 1. The van der Waals surface area contributed by atoms with Crippen LogP contribution >= 0.6 is 0 Å². The largest absolute Gasteiger partial charge is 0.507 e. The molecule has 0 aliphatic rings. The minimum absolute atomic E-state index is 0.120. The standard InChI is InChI=1S/C19H31NO3/c1-3-4-5-6-7-8-9-10-11-12-18(20-22)17-15-16(23-2)13-14-19(17)21/h13-15,21-22H,3-12H2,1-2H3/b20-18-. The van der Waals surface area contributed by atoms with E-state index in [0.29, 0.717) is 23.4 Å². The van der Waals surface area contributed by atoms with Crippen molar-refractivity contribution < 1.29 is 15.1 Å². The molecule has 23 heavy (non-hydrogen) atoms. The lowest BCUT2D eigenvalue weighted by Crippen LogP contribution is -2.02. The van der Waals surface area contributed by atoms with Gasteiger partial charge in [-0.3, -0.25) is 0 Å². The minimum Gasteiger partial charge on any atom is -0.507 e. The third-order valence-corrected chi connectivity index (χ3v) is 4.15. The van der Waals surface area contributed by atoms with E-state index in [1.54, 1.807) is 25.3 Å². The lowest BCUT2D eigenvalue weighted by Gasteiger charge is -2.09. The van der Waals surface area contributed by atoms with Crippen molar-refractivity contribution >= 4 is 5.71 Å². The molecular formula is C19H31NO3. The van der Waals surface area contributed by atoms with Gasteiger partial charge in [0, 0.05) is 5.56 Å². The van der Waals surface area contributed by atoms with Gasteiger partial charge in [0.1, 0.15) is 11.5 Å². The Labute approximate surface area is 140 Å². The summed E-state index contributed by atoms with van der Waals surface area (Å²) in [6, 6.07) is 4.96. The van der Waals surface area contributed by atoms with Gasteiger partial charge >= 0.3 is 0 Å². The maximum absolute atomic E-state index is 9.93. The summed E-state index contributed by atoms with van der Waals surface area (Å²) in [6.45, 7) is 2.24. The summed E-state index contributed by atoms with van der Waals surface area (Å²) in [6.07, 6.45) is 11.9. The molecule has 0 aliphatic heterocycles. The fraction of sp³-hybridized carbons (Fsp3) is 0.632. The van der Waals surface area contributed by atoms with Gasteiger partial charge in [-0.15, -0.1) is 0 Å². The maximum Gasteiger partial charge on any atom is 0.125 e. The molecule has 4 nitrogen and oxygen atoms in total. The molecule has 0 saturated heterocycles. The normalized spacial score (nSPS) is 11.7. The summed E-state index contributed by atoms with van der Waals surface area (Å²) >= 11 is 0. The molecule has 4 heteroatoms. The SMILES string of the molecule is CCCCCCCCCCC/C(=N/O)c1cc(OC)ccc1O. The summed E-state index contributed by atoms with van der Waals surface area (Å²) in [7, 11) is 1.58. The summed E-state index contributed by atoms with van der Waals surface area (Å²) in [4.78, 5) is 0. The Kier molecular flexibility index (Phi) is 9.92. The third kappa shape index (κ3) is 7.40. The number of rotatable bonds is 12. The van der Waals surface area contributed by atoms with Gasteiger partial charge in [-0.25, -0.2) is 0 Å². The summed E-state index contributed by atoms with van der Waals surface area (Å²) < 4.78 is 5.15. The molecule has 0 fully saturated rings. The van der Waals surface area contributed by atoms with Crippen molar-refractivity contribution in [2.75, 3.05) is 7.11 Å². The second kappa shape index (κ2) is 11.8. The van der Waals surface area contributed by atoms with Crippen molar-refractivity contribution in [3.63, 3.8) is 0 Å². The molecule has 130 valence electrons. The average molecular weight is 321 g/mol. The Hall–Kier alpha value is -1.71. The summed E-state index contributed by atoms with van der Waals surface area (Å²) in [5.41, 5.74) is 1.07. The Bertz CT molecular complexity index is 472. The van der Waals surface area contributed by atoms with Gasteiger partial charge in [0.2, 0.25) is 0 Å². The number of oxime groups is 1. The first-order valence-electron chi connectivity index (χ1n) is 8.81. The van der Waals surface area contributed by atoms with Crippen LogP contribution in [-0.2, 0) is 0 Å². The van der Waals surface area contributed by atoms with Crippen molar-refractivity contribution in [2.24, 2.45) is 5.16 Å². The number of phenolic OH excluding ortho intramolecular Hbond substituents is 1.